The van der Waals surface area contributed by atoms with Gasteiger partial charge < -0.3 is 10.4 Å². The van der Waals surface area contributed by atoms with E-state index in [1.165, 1.54) is 18.2 Å². The molecule has 1 rings (SSSR count). The van der Waals surface area contributed by atoms with Crippen molar-refractivity contribution in [3.63, 3.8) is 0 Å². The van der Waals surface area contributed by atoms with Crippen LogP contribution in [0.5, 0.6) is 0 Å². The van der Waals surface area contributed by atoms with Gasteiger partial charge in [-0.25, -0.2) is 9.78 Å². The van der Waals surface area contributed by atoms with Crippen molar-refractivity contribution in [1.82, 2.24) is 10.3 Å². The molecular weight excluding hydrogens is 252 g/mol. The summed E-state index contributed by atoms with van der Waals surface area (Å²) in [6.07, 6.45) is 4.00. The molecule has 0 aliphatic heterocycles. The first-order valence-corrected chi connectivity index (χ1v) is 7.02. The lowest BCUT2D eigenvalue weighted by Crippen LogP contribution is -2.26. The Kier molecular flexibility index (Phi) is 6.21. The van der Waals surface area contributed by atoms with E-state index in [9.17, 15) is 9.59 Å². The van der Waals surface area contributed by atoms with Gasteiger partial charge in [0.15, 0.2) is 0 Å². The number of nitrogens with one attached hydrogen (secondary N) is 1. The fourth-order valence-electron chi connectivity index (χ4n) is 1.34. The first-order chi connectivity index (χ1) is 8.65. The maximum Gasteiger partial charge on any atom is 0.354 e. The number of amides is 1. The van der Waals surface area contributed by atoms with Crippen molar-refractivity contribution in [2.75, 3.05) is 18.6 Å². The van der Waals surface area contributed by atoms with E-state index in [0.29, 0.717) is 6.54 Å². The van der Waals surface area contributed by atoms with Crippen molar-refractivity contribution in [2.45, 2.75) is 12.8 Å². The first kappa shape index (κ1) is 14.5. The second kappa shape index (κ2) is 7.71. The highest BCUT2D eigenvalue weighted by Gasteiger charge is 2.10. The summed E-state index contributed by atoms with van der Waals surface area (Å²) < 4.78 is 0. The van der Waals surface area contributed by atoms with Crippen molar-refractivity contribution in [3.05, 3.63) is 29.6 Å². The number of carbonyl (C=O) groups excluding carboxylic acids is 1. The molecule has 18 heavy (non-hydrogen) atoms. The van der Waals surface area contributed by atoms with Gasteiger partial charge in [0, 0.05) is 6.54 Å². The van der Waals surface area contributed by atoms with Crippen LogP contribution in [0.1, 0.15) is 33.8 Å². The van der Waals surface area contributed by atoms with Gasteiger partial charge >= 0.3 is 5.97 Å². The van der Waals surface area contributed by atoms with E-state index in [4.69, 9.17) is 5.11 Å². The van der Waals surface area contributed by atoms with Gasteiger partial charge in [0.05, 0.1) is 0 Å². The molecule has 6 heteroatoms. The zero-order chi connectivity index (χ0) is 13.4. The lowest BCUT2D eigenvalue weighted by atomic mass is 10.2. The van der Waals surface area contributed by atoms with Crippen molar-refractivity contribution in [2.24, 2.45) is 0 Å². The number of pyridine rings is 1. The fraction of sp³-hybridized carbons (Fsp3) is 0.417. The molecule has 0 bridgehead atoms. The van der Waals surface area contributed by atoms with Crippen LogP contribution in [0.15, 0.2) is 18.2 Å². The Balaban J connectivity index is 2.46. The van der Waals surface area contributed by atoms with E-state index in [2.05, 4.69) is 10.3 Å². The molecule has 0 fully saturated rings. The molecule has 1 heterocycles. The quantitative estimate of drug-likeness (QED) is 0.735. The Morgan fingerprint density at radius 1 is 1.33 bits per heavy atom. The summed E-state index contributed by atoms with van der Waals surface area (Å²) in [4.78, 5) is 26.2. The average Bonchev–Trinajstić information content (AvgIpc) is 2.38. The van der Waals surface area contributed by atoms with E-state index in [0.717, 1.165) is 18.6 Å². The van der Waals surface area contributed by atoms with Gasteiger partial charge in [-0.3, -0.25) is 4.79 Å². The van der Waals surface area contributed by atoms with Gasteiger partial charge in [0.25, 0.3) is 5.91 Å². The highest BCUT2D eigenvalue weighted by Crippen LogP contribution is 2.01. The van der Waals surface area contributed by atoms with Crippen LogP contribution in [0.4, 0.5) is 0 Å². The van der Waals surface area contributed by atoms with E-state index in [-0.39, 0.29) is 17.3 Å². The van der Waals surface area contributed by atoms with Crippen LogP contribution in [0.2, 0.25) is 0 Å². The number of hydrogen-bond acceptors (Lipinski definition) is 4. The summed E-state index contributed by atoms with van der Waals surface area (Å²) in [6.45, 7) is 0.582. The van der Waals surface area contributed by atoms with Crippen LogP contribution in [0.25, 0.3) is 0 Å². The number of nitrogens with zero attached hydrogens (tertiary/aromatic N) is 1. The molecule has 0 aliphatic rings. The predicted molar refractivity (Wildman–Crippen MR) is 71.1 cm³/mol. The molecule has 1 amide bonds. The second-order valence-electron chi connectivity index (χ2n) is 3.67. The predicted octanol–water partition coefficient (Wildman–Crippen LogP) is 1.65. The minimum atomic E-state index is -1.13. The van der Waals surface area contributed by atoms with Crippen LogP contribution in [-0.4, -0.2) is 40.5 Å². The number of rotatable bonds is 7. The number of carboxylic acid groups (broad SMARTS) is 1. The summed E-state index contributed by atoms with van der Waals surface area (Å²) in [6, 6.07) is 4.38. The first-order valence-electron chi connectivity index (χ1n) is 5.62. The normalized spacial score (nSPS) is 10.1. The summed E-state index contributed by atoms with van der Waals surface area (Å²) >= 11 is 1.77. The molecule has 0 atom stereocenters. The highest BCUT2D eigenvalue weighted by atomic mass is 32.2. The average molecular weight is 268 g/mol. The second-order valence-corrected chi connectivity index (χ2v) is 4.65. The molecule has 5 nitrogen and oxygen atoms in total. The Labute approximate surface area is 110 Å². The smallest absolute Gasteiger partial charge is 0.354 e. The van der Waals surface area contributed by atoms with Crippen molar-refractivity contribution >= 4 is 23.6 Å². The molecule has 0 unspecified atom stereocenters. The zero-order valence-corrected chi connectivity index (χ0v) is 11.0. The largest absolute Gasteiger partial charge is 0.477 e. The third kappa shape index (κ3) is 4.75. The lowest BCUT2D eigenvalue weighted by Gasteiger charge is -2.04. The SMILES string of the molecule is CSCCCCNC(=O)c1cccc(C(=O)O)n1. The molecular formula is C12H16N2O3S. The van der Waals surface area contributed by atoms with Gasteiger partial charge in [-0.1, -0.05) is 6.07 Å². The maximum absolute atomic E-state index is 11.7. The summed E-state index contributed by atoms with van der Waals surface area (Å²) in [7, 11) is 0. The Hall–Kier alpha value is -1.56. The van der Waals surface area contributed by atoms with Crippen LogP contribution in [-0.2, 0) is 0 Å². The minimum absolute atomic E-state index is 0.120. The van der Waals surface area contributed by atoms with Crippen LogP contribution >= 0.6 is 11.8 Å². The number of hydrogen-bond donors (Lipinski definition) is 2. The number of unbranched alkanes of at least 4 members (excludes halogenated alkanes) is 1. The van der Waals surface area contributed by atoms with Crippen molar-refractivity contribution in [1.29, 1.82) is 0 Å². The molecule has 0 saturated heterocycles. The van der Waals surface area contributed by atoms with E-state index in [1.807, 2.05) is 6.26 Å². The summed E-state index contributed by atoms with van der Waals surface area (Å²) in [5.74, 6) is -0.394. The van der Waals surface area contributed by atoms with Gasteiger partial charge in [-0.05, 0) is 37.0 Å². The van der Waals surface area contributed by atoms with E-state index < -0.39 is 5.97 Å². The number of carbonyl (C=O) groups is 2. The zero-order valence-electron chi connectivity index (χ0n) is 10.2. The molecule has 1 aromatic rings. The van der Waals surface area contributed by atoms with Crippen LogP contribution in [0, 0.1) is 0 Å². The van der Waals surface area contributed by atoms with Gasteiger partial charge in [-0.15, -0.1) is 0 Å². The van der Waals surface area contributed by atoms with E-state index >= 15 is 0 Å². The van der Waals surface area contributed by atoms with Crippen molar-refractivity contribution in [3.8, 4) is 0 Å². The Morgan fingerprint density at radius 2 is 2.06 bits per heavy atom. The molecule has 98 valence electrons. The molecule has 0 aliphatic carbocycles. The Morgan fingerprint density at radius 3 is 2.72 bits per heavy atom. The summed E-state index contributed by atoms with van der Waals surface area (Å²) in [5, 5.41) is 11.5. The van der Waals surface area contributed by atoms with E-state index in [1.54, 1.807) is 11.8 Å². The van der Waals surface area contributed by atoms with Gasteiger partial charge in [0.2, 0.25) is 0 Å². The van der Waals surface area contributed by atoms with Crippen LogP contribution < -0.4 is 5.32 Å². The summed E-state index contributed by atoms with van der Waals surface area (Å²) in [5.41, 5.74) is 0.0183. The number of aromatic nitrogens is 1. The number of carboxylic acids is 1. The fourth-order valence-corrected chi connectivity index (χ4v) is 1.84. The minimum Gasteiger partial charge on any atom is -0.477 e. The molecule has 0 saturated carbocycles. The third-order valence-corrected chi connectivity index (χ3v) is 2.96. The highest BCUT2D eigenvalue weighted by molar-refractivity contribution is 7.98. The number of thioether (sulfide) groups is 1. The molecule has 0 radical (unpaired) electrons. The van der Waals surface area contributed by atoms with Crippen molar-refractivity contribution < 1.29 is 14.7 Å². The monoisotopic (exact) mass is 268 g/mol. The maximum atomic E-state index is 11.7. The van der Waals surface area contributed by atoms with Gasteiger partial charge in [0.1, 0.15) is 11.4 Å². The van der Waals surface area contributed by atoms with Gasteiger partial charge in [-0.2, -0.15) is 11.8 Å². The Bertz CT molecular complexity index is 424. The third-order valence-electron chi connectivity index (χ3n) is 2.26. The topological polar surface area (TPSA) is 79.3 Å². The molecule has 0 spiro atoms. The number of aromatic carboxylic acids is 1. The molecule has 0 aromatic carbocycles. The lowest BCUT2D eigenvalue weighted by molar-refractivity contribution is 0.0690. The molecule has 2 N–H and O–H groups in total. The molecule has 1 aromatic heterocycles. The van der Waals surface area contributed by atoms with Crippen LogP contribution in [0.3, 0.4) is 0 Å². The standard InChI is InChI=1S/C12H16N2O3S/c1-18-8-3-2-7-13-11(15)9-5-4-6-10(14-9)12(16)17/h4-6H,2-3,7-8H2,1H3,(H,13,15)(H,16,17).